The molecule has 130 valence electrons. The van der Waals surface area contributed by atoms with Crippen LogP contribution in [0, 0.1) is 6.92 Å². The van der Waals surface area contributed by atoms with Crippen LogP contribution in [-0.4, -0.2) is 37.0 Å². The summed E-state index contributed by atoms with van der Waals surface area (Å²) in [5, 5.41) is 0.702. The maximum Gasteiger partial charge on any atom is 0.231 e. The molecule has 2 atom stereocenters. The van der Waals surface area contributed by atoms with Crippen molar-refractivity contribution in [3.05, 3.63) is 64.2 Å². The van der Waals surface area contributed by atoms with Crippen molar-refractivity contribution in [1.29, 1.82) is 0 Å². The van der Waals surface area contributed by atoms with Gasteiger partial charge in [-0.3, -0.25) is 4.79 Å². The van der Waals surface area contributed by atoms with Gasteiger partial charge in [-0.2, -0.15) is 0 Å². The topological polar surface area (TPSA) is 23.6 Å². The third kappa shape index (κ3) is 3.07. The van der Waals surface area contributed by atoms with Crippen LogP contribution < -0.4 is 4.90 Å². The third-order valence-corrected chi connectivity index (χ3v) is 5.74. The average Bonchev–Trinajstić information content (AvgIpc) is 2.90. The molecule has 1 fully saturated rings. The maximum atomic E-state index is 13.2. The molecule has 0 spiro atoms. The summed E-state index contributed by atoms with van der Waals surface area (Å²) in [5.41, 5.74) is 4.72. The van der Waals surface area contributed by atoms with Crippen LogP contribution in [0.1, 0.15) is 29.0 Å². The smallest absolute Gasteiger partial charge is 0.231 e. The van der Waals surface area contributed by atoms with Crippen molar-refractivity contribution in [1.82, 2.24) is 4.90 Å². The number of fused-ring (bicyclic) bond motifs is 3. The van der Waals surface area contributed by atoms with Crippen molar-refractivity contribution in [2.24, 2.45) is 0 Å². The number of hydrogen-bond acceptors (Lipinski definition) is 2. The fraction of sp³-hybridized carbons (Fsp3) is 0.381. The van der Waals surface area contributed by atoms with Crippen LogP contribution in [0.2, 0.25) is 5.02 Å². The Bertz CT molecular complexity index is 802. The van der Waals surface area contributed by atoms with Crippen LogP contribution in [-0.2, 0) is 11.2 Å². The number of carbonyl (C=O) groups is 1. The van der Waals surface area contributed by atoms with Gasteiger partial charge in [-0.05, 0) is 56.3 Å². The lowest BCUT2D eigenvalue weighted by Gasteiger charge is -2.36. The second-order valence-corrected chi connectivity index (χ2v) is 7.79. The Labute approximate surface area is 154 Å². The summed E-state index contributed by atoms with van der Waals surface area (Å²) in [6, 6.07) is 14.4. The molecule has 0 aliphatic carbocycles. The van der Waals surface area contributed by atoms with Gasteiger partial charge in [-0.1, -0.05) is 41.4 Å². The van der Waals surface area contributed by atoms with E-state index in [1.165, 1.54) is 11.1 Å². The second-order valence-electron chi connectivity index (χ2n) is 7.35. The van der Waals surface area contributed by atoms with Crippen molar-refractivity contribution in [2.45, 2.75) is 31.7 Å². The van der Waals surface area contributed by atoms with Gasteiger partial charge < -0.3 is 9.80 Å². The zero-order valence-electron chi connectivity index (χ0n) is 14.7. The van der Waals surface area contributed by atoms with Crippen LogP contribution in [0.5, 0.6) is 0 Å². The van der Waals surface area contributed by atoms with E-state index in [1.54, 1.807) is 0 Å². The quantitative estimate of drug-likeness (QED) is 0.813. The Morgan fingerprint density at radius 3 is 2.72 bits per heavy atom. The Kier molecular flexibility index (Phi) is 4.30. The summed E-state index contributed by atoms with van der Waals surface area (Å²) in [4.78, 5) is 17.6. The van der Waals surface area contributed by atoms with E-state index in [4.69, 9.17) is 11.6 Å². The first-order valence-corrected chi connectivity index (χ1v) is 9.26. The molecule has 2 aliphatic heterocycles. The first-order chi connectivity index (χ1) is 12.0. The summed E-state index contributed by atoms with van der Waals surface area (Å²) < 4.78 is 0. The summed E-state index contributed by atoms with van der Waals surface area (Å²) in [7, 11) is 2.17. The van der Waals surface area contributed by atoms with E-state index < -0.39 is 0 Å². The molecule has 2 heterocycles. The zero-order valence-corrected chi connectivity index (χ0v) is 15.5. The molecule has 0 saturated carbocycles. The molecule has 25 heavy (non-hydrogen) atoms. The normalized spacial score (nSPS) is 22.6. The SMILES string of the molecule is Cc1ccc2c(c1)[C@H]1CN(C)CC[C@@H]1N2C(=O)Cc1ccc(Cl)cc1. The third-order valence-electron chi connectivity index (χ3n) is 5.49. The molecule has 0 aromatic heterocycles. The molecular formula is C21H23ClN2O. The molecule has 2 aliphatic rings. The number of hydrogen-bond donors (Lipinski definition) is 0. The van der Waals surface area contributed by atoms with Crippen molar-refractivity contribution in [3.8, 4) is 0 Å². The number of carbonyl (C=O) groups excluding carboxylic acids is 1. The van der Waals surface area contributed by atoms with Gasteiger partial charge >= 0.3 is 0 Å². The number of likely N-dealkylation sites (N-methyl/N-ethyl adjacent to an activating group) is 1. The molecule has 4 rings (SSSR count). The second kappa shape index (κ2) is 6.47. The fourth-order valence-corrected chi connectivity index (χ4v) is 4.39. The van der Waals surface area contributed by atoms with Gasteiger partial charge in [0.25, 0.3) is 0 Å². The maximum absolute atomic E-state index is 13.2. The van der Waals surface area contributed by atoms with E-state index in [1.807, 2.05) is 24.3 Å². The molecule has 4 heteroatoms. The van der Waals surface area contributed by atoms with E-state index in [0.29, 0.717) is 17.4 Å². The Balaban J connectivity index is 1.66. The van der Waals surface area contributed by atoms with Gasteiger partial charge in [0.15, 0.2) is 0 Å². The van der Waals surface area contributed by atoms with Crippen LogP contribution >= 0.6 is 11.6 Å². The standard InChI is InChI=1S/C21H23ClN2O/c1-14-3-8-19-17(11-14)18-13-23(2)10-9-20(18)24(19)21(25)12-15-4-6-16(22)7-5-15/h3-8,11,18,20H,9-10,12-13H2,1-2H3/t18-,20+/m1/s1. The number of nitrogens with zero attached hydrogens (tertiary/aromatic N) is 2. The number of anilines is 1. The van der Waals surface area contributed by atoms with Crippen LogP contribution in [0.4, 0.5) is 5.69 Å². The van der Waals surface area contributed by atoms with Gasteiger partial charge in [0, 0.05) is 29.2 Å². The van der Waals surface area contributed by atoms with Gasteiger partial charge in [0.2, 0.25) is 5.91 Å². The van der Waals surface area contributed by atoms with Gasteiger partial charge in [-0.25, -0.2) is 0 Å². The van der Waals surface area contributed by atoms with Crippen LogP contribution in [0.15, 0.2) is 42.5 Å². The highest BCUT2D eigenvalue weighted by Crippen LogP contribution is 2.45. The molecule has 0 bridgehead atoms. The number of amides is 1. The minimum Gasteiger partial charge on any atom is -0.308 e. The van der Waals surface area contributed by atoms with Crippen molar-refractivity contribution >= 4 is 23.2 Å². The van der Waals surface area contributed by atoms with E-state index in [-0.39, 0.29) is 11.9 Å². The minimum atomic E-state index is 0.185. The molecular weight excluding hydrogens is 332 g/mol. The molecule has 0 N–H and O–H groups in total. The molecule has 0 unspecified atom stereocenters. The number of halogens is 1. The van der Waals surface area contributed by atoms with Gasteiger partial charge in [0.05, 0.1) is 6.42 Å². The van der Waals surface area contributed by atoms with Crippen LogP contribution in [0.25, 0.3) is 0 Å². The number of rotatable bonds is 2. The van der Waals surface area contributed by atoms with Gasteiger partial charge in [0.1, 0.15) is 0 Å². The summed E-state index contributed by atoms with van der Waals surface area (Å²) in [6.45, 7) is 4.19. The minimum absolute atomic E-state index is 0.185. The predicted octanol–water partition coefficient (Wildman–Crippen LogP) is 4.03. The number of piperidine rings is 1. The average molecular weight is 355 g/mol. The van der Waals surface area contributed by atoms with E-state index in [9.17, 15) is 4.79 Å². The highest BCUT2D eigenvalue weighted by Gasteiger charge is 2.43. The molecule has 2 aromatic rings. The Morgan fingerprint density at radius 1 is 1.20 bits per heavy atom. The zero-order chi connectivity index (χ0) is 17.6. The summed E-state index contributed by atoms with van der Waals surface area (Å²) >= 11 is 5.96. The lowest BCUT2D eigenvalue weighted by atomic mass is 9.89. The first-order valence-electron chi connectivity index (χ1n) is 8.88. The molecule has 3 nitrogen and oxygen atoms in total. The Morgan fingerprint density at radius 2 is 1.96 bits per heavy atom. The molecule has 1 amide bonds. The first kappa shape index (κ1) is 16.6. The fourth-order valence-electron chi connectivity index (χ4n) is 4.27. The number of aryl methyl sites for hydroxylation is 1. The highest BCUT2D eigenvalue weighted by molar-refractivity contribution is 6.30. The summed E-state index contributed by atoms with van der Waals surface area (Å²) in [5.74, 6) is 0.604. The van der Waals surface area contributed by atoms with Crippen molar-refractivity contribution in [2.75, 3.05) is 25.0 Å². The Hall–Kier alpha value is -1.84. The van der Waals surface area contributed by atoms with Crippen molar-refractivity contribution in [3.63, 3.8) is 0 Å². The van der Waals surface area contributed by atoms with E-state index >= 15 is 0 Å². The largest absolute Gasteiger partial charge is 0.308 e. The molecule has 2 aromatic carbocycles. The molecule has 0 radical (unpaired) electrons. The van der Waals surface area contributed by atoms with Crippen LogP contribution in [0.3, 0.4) is 0 Å². The lowest BCUT2D eigenvalue weighted by molar-refractivity contribution is -0.118. The summed E-state index contributed by atoms with van der Waals surface area (Å²) in [6.07, 6.45) is 1.45. The number of likely N-dealkylation sites (tertiary alicyclic amines) is 1. The lowest BCUT2D eigenvalue weighted by Crippen LogP contribution is -2.47. The van der Waals surface area contributed by atoms with E-state index in [2.05, 4.69) is 42.0 Å². The van der Waals surface area contributed by atoms with Gasteiger partial charge in [-0.15, -0.1) is 0 Å². The number of benzene rings is 2. The highest BCUT2D eigenvalue weighted by atomic mass is 35.5. The van der Waals surface area contributed by atoms with Crippen molar-refractivity contribution < 1.29 is 4.79 Å². The molecule has 1 saturated heterocycles. The van der Waals surface area contributed by atoms with E-state index in [0.717, 1.165) is 30.8 Å². The predicted molar refractivity (Wildman–Crippen MR) is 102 cm³/mol. The monoisotopic (exact) mass is 354 g/mol.